The number of aromatic nitrogens is 3. The molecule has 2 atom stereocenters. The maximum Gasteiger partial charge on any atom is 0.272 e. The van der Waals surface area contributed by atoms with Crippen LogP contribution < -0.4 is 0 Å². The first kappa shape index (κ1) is 14.0. The number of carbonyl (C=O) groups is 1. The van der Waals surface area contributed by atoms with Gasteiger partial charge in [0.05, 0.1) is 41.7 Å². The van der Waals surface area contributed by atoms with Crippen molar-refractivity contribution in [1.82, 2.24) is 19.3 Å². The van der Waals surface area contributed by atoms with Crippen molar-refractivity contribution in [2.45, 2.75) is 18.6 Å². The van der Waals surface area contributed by atoms with Gasteiger partial charge in [0.2, 0.25) is 0 Å². The lowest BCUT2D eigenvalue weighted by Gasteiger charge is -2.26. The van der Waals surface area contributed by atoms with Crippen molar-refractivity contribution in [3.8, 4) is 11.3 Å². The summed E-state index contributed by atoms with van der Waals surface area (Å²) in [6, 6.07) is 1.91. The molecule has 2 bridgehead atoms. The average molecular weight is 345 g/mol. The van der Waals surface area contributed by atoms with E-state index in [-0.39, 0.29) is 18.1 Å². The zero-order valence-electron chi connectivity index (χ0n) is 12.6. The molecule has 2 aliphatic rings. The SMILES string of the molecule is O=C(c1cnc2c(-c3cnco3)cc(Cl)cn12)N1C[C@@H]2C[C@H]1CO2. The van der Waals surface area contributed by atoms with Crippen LogP contribution in [0.25, 0.3) is 17.0 Å². The number of nitrogens with zero attached hydrogens (tertiary/aromatic N) is 4. The van der Waals surface area contributed by atoms with Crippen molar-refractivity contribution < 1.29 is 13.9 Å². The number of morpholine rings is 1. The van der Waals surface area contributed by atoms with Crippen molar-refractivity contribution in [2.24, 2.45) is 0 Å². The van der Waals surface area contributed by atoms with E-state index in [9.17, 15) is 4.79 Å². The first-order valence-corrected chi connectivity index (χ1v) is 8.06. The molecule has 5 rings (SSSR count). The second-order valence-electron chi connectivity index (χ2n) is 6.08. The van der Waals surface area contributed by atoms with Crippen molar-refractivity contribution in [2.75, 3.05) is 13.2 Å². The molecular weight excluding hydrogens is 332 g/mol. The lowest BCUT2D eigenvalue weighted by molar-refractivity contribution is 0.0255. The van der Waals surface area contributed by atoms with Crippen LogP contribution in [0.1, 0.15) is 16.9 Å². The molecule has 2 fully saturated rings. The van der Waals surface area contributed by atoms with E-state index in [1.165, 1.54) is 6.39 Å². The molecule has 2 aliphatic heterocycles. The minimum absolute atomic E-state index is 0.0518. The summed E-state index contributed by atoms with van der Waals surface area (Å²) in [4.78, 5) is 23.2. The second-order valence-corrected chi connectivity index (χ2v) is 6.51. The summed E-state index contributed by atoms with van der Waals surface area (Å²) in [6.07, 6.45) is 7.29. The Balaban J connectivity index is 1.61. The Labute approximate surface area is 141 Å². The number of hydrogen-bond donors (Lipinski definition) is 0. The number of fused-ring (bicyclic) bond motifs is 3. The standard InChI is InChI=1S/C16H13ClN4O3/c17-9-1-12(14-4-18-8-24-14)15-19-3-13(21(15)5-9)16(22)20-6-11-2-10(20)7-23-11/h1,3-5,8,10-11H,2,6-7H2/t10-,11-/m0/s1. The van der Waals surface area contributed by atoms with Crippen LogP contribution in [0.3, 0.4) is 0 Å². The number of hydrogen-bond acceptors (Lipinski definition) is 5. The molecule has 8 heteroatoms. The molecule has 7 nitrogen and oxygen atoms in total. The van der Waals surface area contributed by atoms with Gasteiger partial charge in [-0.25, -0.2) is 9.97 Å². The van der Waals surface area contributed by atoms with Gasteiger partial charge in [-0.15, -0.1) is 0 Å². The van der Waals surface area contributed by atoms with Gasteiger partial charge >= 0.3 is 0 Å². The number of halogens is 1. The zero-order chi connectivity index (χ0) is 16.3. The topological polar surface area (TPSA) is 72.9 Å². The molecule has 0 saturated carbocycles. The van der Waals surface area contributed by atoms with Gasteiger partial charge in [0, 0.05) is 12.7 Å². The minimum atomic E-state index is -0.0518. The average Bonchev–Trinajstić information content (AvgIpc) is 3.34. The fraction of sp³-hybridized carbons (Fsp3) is 0.312. The smallest absolute Gasteiger partial charge is 0.272 e. The van der Waals surface area contributed by atoms with Crippen LogP contribution in [0.4, 0.5) is 0 Å². The molecule has 0 aromatic carbocycles. The third-order valence-electron chi connectivity index (χ3n) is 4.65. The van der Waals surface area contributed by atoms with Crippen molar-refractivity contribution in [3.05, 3.63) is 41.8 Å². The van der Waals surface area contributed by atoms with E-state index in [2.05, 4.69) is 9.97 Å². The lowest BCUT2D eigenvalue weighted by atomic mass is 10.2. The van der Waals surface area contributed by atoms with E-state index in [1.54, 1.807) is 29.1 Å². The van der Waals surface area contributed by atoms with Crippen LogP contribution in [0.15, 0.2) is 35.5 Å². The number of rotatable bonds is 2. The Morgan fingerprint density at radius 2 is 2.29 bits per heavy atom. The van der Waals surface area contributed by atoms with Gasteiger partial charge in [-0.3, -0.25) is 9.20 Å². The second kappa shape index (κ2) is 5.06. The predicted octanol–water partition coefficient (Wildman–Crippen LogP) is 2.26. The van der Waals surface area contributed by atoms with Gasteiger partial charge in [0.15, 0.2) is 12.2 Å². The molecule has 0 spiro atoms. The number of carbonyl (C=O) groups excluding carboxylic acids is 1. The normalized spacial score (nSPS) is 22.6. The van der Waals surface area contributed by atoms with E-state index < -0.39 is 0 Å². The van der Waals surface area contributed by atoms with Crippen molar-refractivity contribution in [3.63, 3.8) is 0 Å². The molecule has 0 radical (unpaired) electrons. The summed E-state index contributed by atoms with van der Waals surface area (Å²) in [6.45, 7) is 1.24. The summed E-state index contributed by atoms with van der Waals surface area (Å²) in [5, 5.41) is 0.493. The Hall–Kier alpha value is -2.38. The number of ether oxygens (including phenoxy) is 1. The molecule has 24 heavy (non-hydrogen) atoms. The summed E-state index contributed by atoms with van der Waals surface area (Å²) in [7, 11) is 0. The molecule has 0 unspecified atom stereocenters. The van der Waals surface area contributed by atoms with Crippen LogP contribution in [0.2, 0.25) is 5.02 Å². The van der Waals surface area contributed by atoms with Crippen LogP contribution in [-0.4, -0.2) is 50.5 Å². The number of likely N-dealkylation sites (tertiary alicyclic amines) is 1. The summed E-state index contributed by atoms with van der Waals surface area (Å²) in [5.74, 6) is 0.504. The molecule has 3 aromatic rings. The van der Waals surface area contributed by atoms with Crippen LogP contribution in [-0.2, 0) is 4.74 Å². The first-order valence-electron chi connectivity index (χ1n) is 7.69. The van der Waals surface area contributed by atoms with Crippen LogP contribution in [0.5, 0.6) is 0 Å². The molecule has 122 valence electrons. The summed E-state index contributed by atoms with van der Waals surface area (Å²) >= 11 is 6.24. The fourth-order valence-corrected chi connectivity index (χ4v) is 3.74. The van der Waals surface area contributed by atoms with Crippen molar-refractivity contribution >= 4 is 23.2 Å². The third-order valence-corrected chi connectivity index (χ3v) is 4.86. The molecule has 5 heterocycles. The molecule has 0 aliphatic carbocycles. The molecule has 0 N–H and O–H groups in total. The van der Waals surface area contributed by atoms with Gasteiger partial charge in [-0.1, -0.05) is 11.6 Å². The Morgan fingerprint density at radius 3 is 3.00 bits per heavy atom. The number of amides is 1. The van der Waals surface area contributed by atoms with Crippen molar-refractivity contribution in [1.29, 1.82) is 0 Å². The van der Waals surface area contributed by atoms with E-state index >= 15 is 0 Å². The highest BCUT2D eigenvalue weighted by Crippen LogP contribution is 2.31. The molecule has 1 amide bonds. The van der Waals surface area contributed by atoms with Gasteiger partial charge in [0.1, 0.15) is 11.3 Å². The summed E-state index contributed by atoms with van der Waals surface area (Å²) in [5.41, 5.74) is 1.80. The van der Waals surface area contributed by atoms with E-state index in [4.69, 9.17) is 20.8 Å². The Kier molecular flexibility index (Phi) is 2.95. The number of oxazole rings is 1. The summed E-state index contributed by atoms with van der Waals surface area (Å²) < 4.78 is 12.6. The third kappa shape index (κ3) is 1.98. The van der Waals surface area contributed by atoms with Crippen LogP contribution in [0, 0.1) is 0 Å². The molecule has 3 aromatic heterocycles. The van der Waals surface area contributed by atoms with Gasteiger partial charge in [0.25, 0.3) is 5.91 Å². The predicted molar refractivity (Wildman–Crippen MR) is 84.9 cm³/mol. The Morgan fingerprint density at radius 1 is 1.38 bits per heavy atom. The number of pyridine rings is 1. The quantitative estimate of drug-likeness (QED) is 0.713. The Bertz CT molecular complexity index is 936. The minimum Gasteiger partial charge on any atom is -0.443 e. The highest BCUT2D eigenvalue weighted by atomic mass is 35.5. The van der Waals surface area contributed by atoms with E-state index in [0.29, 0.717) is 40.8 Å². The highest BCUT2D eigenvalue weighted by Gasteiger charge is 2.42. The lowest BCUT2D eigenvalue weighted by Crippen LogP contribution is -2.41. The van der Waals surface area contributed by atoms with Crippen LogP contribution >= 0.6 is 11.6 Å². The van der Waals surface area contributed by atoms with Gasteiger partial charge in [-0.2, -0.15) is 0 Å². The monoisotopic (exact) mass is 344 g/mol. The van der Waals surface area contributed by atoms with E-state index in [0.717, 1.165) is 6.42 Å². The maximum atomic E-state index is 13.0. The largest absolute Gasteiger partial charge is 0.443 e. The zero-order valence-corrected chi connectivity index (χ0v) is 13.3. The molecule has 2 saturated heterocycles. The molecular formula is C16H13ClN4O3. The maximum absolute atomic E-state index is 13.0. The van der Waals surface area contributed by atoms with Gasteiger partial charge in [-0.05, 0) is 12.5 Å². The number of imidazole rings is 1. The first-order chi connectivity index (χ1) is 11.7. The highest BCUT2D eigenvalue weighted by molar-refractivity contribution is 6.31. The van der Waals surface area contributed by atoms with E-state index in [1.807, 2.05) is 4.90 Å². The fourth-order valence-electron chi connectivity index (χ4n) is 3.54. The van der Waals surface area contributed by atoms with Gasteiger partial charge < -0.3 is 14.1 Å².